The average molecular weight is 515 g/mol. The van der Waals surface area contributed by atoms with Crippen LogP contribution in [-0.2, 0) is 26.0 Å². The maximum absolute atomic E-state index is 13.1. The van der Waals surface area contributed by atoms with Gasteiger partial charge in [-0.1, -0.05) is 56.3 Å². The van der Waals surface area contributed by atoms with Crippen LogP contribution in [0.3, 0.4) is 0 Å². The van der Waals surface area contributed by atoms with Gasteiger partial charge in [0.2, 0.25) is 15.9 Å². The number of aliphatic carboxylic acids is 1. The van der Waals surface area contributed by atoms with Gasteiger partial charge < -0.3 is 19.9 Å². The normalized spacial score (nSPS) is 13.2. The van der Waals surface area contributed by atoms with E-state index in [0.717, 1.165) is 16.3 Å². The van der Waals surface area contributed by atoms with Gasteiger partial charge in [-0.3, -0.25) is 4.79 Å². The lowest BCUT2D eigenvalue weighted by Crippen LogP contribution is -2.54. The van der Waals surface area contributed by atoms with Crippen LogP contribution in [0, 0.1) is 5.92 Å². The maximum atomic E-state index is 13.1. The maximum Gasteiger partial charge on any atom is 0.326 e. The number of amides is 1. The van der Waals surface area contributed by atoms with Crippen molar-refractivity contribution in [1.29, 1.82) is 0 Å². The molecule has 192 valence electrons. The van der Waals surface area contributed by atoms with Crippen molar-refractivity contribution in [2.45, 2.75) is 37.2 Å². The van der Waals surface area contributed by atoms with Gasteiger partial charge in [-0.05, 0) is 34.4 Å². The lowest BCUT2D eigenvalue weighted by Gasteiger charge is -2.24. The molecule has 2 atom stereocenters. The predicted octanol–water partition coefficient (Wildman–Crippen LogP) is 2.97. The van der Waals surface area contributed by atoms with Crippen LogP contribution in [0.1, 0.15) is 19.4 Å². The van der Waals surface area contributed by atoms with E-state index in [1.807, 2.05) is 42.5 Å². The molecule has 3 aromatic rings. The van der Waals surface area contributed by atoms with Crippen LogP contribution >= 0.6 is 0 Å². The minimum absolute atomic E-state index is 0.0408. The summed E-state index contributed by atoms with van der Waals surface area (Å²) in [4.78, 5) is 24.9. The molecule has 3 N–H and O–H groups in total. The number of sulfonamides is 1. The van der Waals surface area contributed by atoms with Crippen molar-refractivity contribution in [1.82, 2.24) is 10.0 Å². The zero-order chi connectivity index (χ0) is 26.5. The molecule has 0 aliphatic carbocycles. The molecule has 0 aliphatic rings. The second-order valence-electron chi connectivity index (χ2n) is 8.64. The van der Waals surface area contributed by atoms with Gasteiger partial charge in [0.15, 0.2) is 11.5 Å². The molecule has 3 aromatic carbocycles. The number of nitrogens with one attached hydrogen (secondary N) is 2. The molecular formula is C26H30N2O7S. The molecule has 0 heterocycles. The first kappa shape index (κ1) is 27.0. The van der Waals surface area contributed by atoms with Crippen LogP contribution in [0.5, 0.6) is 11.5 Å². The van der Waals surface area contributed by atoms with Gasteiger partial charge in [0.25, 0.3) is 0 Å². The summed E-state index contributed by atoms with van der Waals surface area (Å²) in [7, 11) is -1.33. The molecule has 0 bridgehead atoms. The standard InChI is InChI=1S/C26H30N2O7S/c1-16(2)24(28-36(32,33)20-11-12-22(34-3)23(15-20)35-4)25(29)27-21(26(30)31)14-17-9-10-18-7-5-6-8-19(18)13-17/h5-13,15-16,21,24,28H,14H2,1-4H3,(H,27,29)(H,30,31)/t21-,24-/m0/s1. The number of carbonyl (C=O) groups is 2. The van der Waals surface area contributed by atoms with Gasteiger partial charge in [-0.2, -0.15) is 4.72 Å². The fourth-order valence-electron chi connectivity index (χ4n) is 3.77. The number of rotatable bonds is 11. The summed E-state index contributed by atoms with van der Waals surface area (Å²) < 4.78 is 38.8. The van der Waals surface area contributed by atoms with E-state index in [9.17, 15) is 23.1 Å². The number of benzene rings is 3. The Hall–Kier alpha value is -3.63. The highest BCUT2D eigenvalue weighted by Crippen LogP contribution is 2.29. The van der Waals surface area contributed by atoms with Gasteiger partial charge in [0.1, 0.15) is 12.1 Å². The third kappa shape index (κ3) is 6.32. The number of carboxylic acid groups (broad SMARTS) is 1. The molecule has 0 aromatic heterocycles. The topological polar surface area (TPSA) is 131 Å². The van der Waals surface area contributed by atoms with Crippen LogP contribution < -0.4 is 19.5 Å². The van der Waals surface area contributed by atoms with E-state index in [2.05, 4.69) is 10.0 Å². The Bertz CT molecular complexity index is 1360. The van der Waals surface area contributed by atoms with Gasteiger partial charge in [-0.25, -0.2) is 13.2 Å². The highest BCUT2D eigenvalue weighted by molar-refractivity contribution is 7.89. The van der Waals surface area contributed by atoms with E-state index in [4.69, 9.17) is 9.47 Å². The molecule has 0 radical (unpaired) electrons. The first-order valence-electron chi connectivity index (χ1n) is 11.3. The molecule has 0 unspecified atom stereocenters. The van der Waals surface area contributed by atoms with Crippen molar-refractivity contribution in [2.75, 3.05) is 14.2 Å². The van der Waals surface area contributed by atoms with Crippen molar-refractivity contribution in [3.63, 3.8) is 0 Å². The van der Waals surface area contributed by atoms with Crippen LogP contribution in [0.15, 0.2) is 65.6 Å². The van der Waals surface area contributed by atoms with Crippen molar-refractivity contribution in [3.8, 4) is 11.5 Å². The summed E-state index contributed by atoms with van der Waals surface area (Å²) in [6.45, 7) is 3.33. The average Bonchev–Trinajstić information content (AvgIpc) is 2.86. The fourth-order valence-corrected chi connectivity index (χ4v) is 5.13. The summed E-state index contributed by atoms with van der Waals surface area (Å²) in [5, 5.41) is 14.2. The lowest BCUT2D eigenvalue weighted by atomic mass is 10.0. The van der Waals surface area contributed by atoms with Gasteiger partial charge in [0, 0.05) is 12.5 Å². The summed E-state index contributed by atoms with van der Waals surface area (Å²) in [5.41, 5.74) is 0.730. The number of ether oxygens (including phenoxy) is 2. The highest BCUT2D eigenvalue weighted by atomic mass is 32.2. The van der Waals surface area contributed by atoms with Crippen LogP contribution in [-0.4, -0.2) is 51.7 Å². The van der Waals surface area contributed by atoms with Gasteiger partial charge in [0.05, 0.1) is 19.1 Å². The molecule has 10 heteroatoms. The second-order valence-corrected chi connectivity index (χ2v) is 10.4. The van der Waals surface area contributed by atoms with E-state index in [-0.39, 0.29) is 17.1 Å². The Morgan fingerprint density at radius 1 is 0.917 bits per heavy atom. The third-order valence-electron chi connectivity index (χ3n) is 5.76. The van der Waals surface area contributed by atoms with Crippen molar-refractivity contribution in [3.05, 3.63) is 66.2 Å². The fraction of sp³-hybridized carbons (Fsp3) is 0.308. The largest absolute Gasteiger partial charge is 0.493 e. The van der Waals surface area contributed by atoms with E-state index in [1.165, 1.54) is 32.4 Å². The van der Waals surface area contributed by atoms with Crippen LogP contribution in [0.25, 0.3) is 10.8 Å². The molecule has 1 amide bonds. The first-order valence-corrected chi connectivity index (χ1v) is 12.8. The zero-order valence-electron chi connectivity index (χ0n) is 20.5. The Labute approximate surface area is 210 Å². The molecular weight excluding hydrogens is 484 g/mol. The SMILES string of the molecule is COc1ccc(S(=O)(=O)N[C@H](C(=O)N[C@@H](Cc2ccc3ccccc3c2)C(=O)O)C(C)C)cc1OC. The van der Waals surface area contributed by atoms with Crippen molar-refractivity contribution in [2.24, 2.45) is 5.92 Å². The molecule has 36 heavy (non-hydrogen) atoms. The number of carbonyl (C=O) groups excluding carboxylic acids is 1. The summed E-state index contributed by atoms with van der Waals surface area (Å²) in [5.74, 6) is -1.85. The summed E-state index contributed by atoms with van der Waals surface area (Å²) in [6.07, 6.45) is 0.0408. The Morgan fingerprint density at radius 3 is 2.19 bits per heavy atom. The predicted molar refractivity (Wildman–Crippen MR) is 136 cm³/mol. The minimum Gasteiger partial charge on any atom is -0.493 e. The van der Waals surface area contributed by atoms with Crippen LogP contribution in [0.4, 0.5) is 0 Å². The second kappa shape index (κ2) is 11.4. The Balaban J connectivity index is 1.79. The highest BCUT2D eigenvalue weighted by Gasteiger charge is 2.32. The molecule has 0 spiro atoms. The van der Waals surface area contributed by atoms with Gasteiger partial charge >= 0.3 is 5.97 Å². The van der Waals surface area contributed by atoms with Crippen molar-refractivity contribution < 1.29 is 32.6 Å². The molecule has 0 saturated heterocycles. The monoisotopic (exact) mass is 514 g/mol. The number of hydrogen-bond donors (Lipinski definition) is 3. The molecule has 0 aliphatic heterocycles. The van der Waals surface area contributed by atoms with E-state index < -0.39 is 39.9 Å². The zero-order valence-corrected chi connectivity index (χ0v) is 21.3. The number of fused-ring (bicyclic) bond motifs is 1. The molecule has 0 fully saturated rings. The Morgan fingerprint density at radius 2 is 1.58 bits per heavy atom. The molecule has 9 nitrogen and oxygen atoms in total. The minimum atomic E-state index is -4.14. The van der Waals surface area contributed by atoms with E-state index in [1.54, 1.807) is 13.8 Å². The van der Waals surface area contributed by atoms with Crippen LogP contribution in [0.2, 0.25) is 0 Å². The summed E-state index contributed by atoms with van der Waals surface area (Å²) in [6, 6.07) is 14.9. The Kier molecular flexibility index (Phi) is 8.54. The van der Waals surface area contributed by atoms with Crippen molar-refractivity contribution >= 4 is 32.7 Å². The lowest BCUT2D eigenvalue weighted by molar-refractivity contribution is -0.142. The number of carboxylic acids is 1. The molecule has 0 saturated carbocycles. The molecule has 3 rings (SSSR count). The first-order chi connectivity index (χ1) is 17.1. The van der Waals surface area contributed by atoms with Gasteiger partial charge in [-0.15, -0.1) is 0 Å². The number of hydrogen-bond acceptors (Lipinski definition) is 6. The van der Waals surface area contributed by atoms with E-state index >= 15 is 0 Å². The quantitative estimate of drug-likeness (QED) is 0.359. The van der Waals surface area contributed by atoms with E-state index in [0.29, 0.717) is 5.75 Å². The smallest absolute Gasteiger partial charge is 0.326 e. The third-order valence-corrected chi connectivity index (χ3v) is 7.20. The number of methoxy groups -OCH3 is 2. The summed E-state index contributed by atoms with van der Waals surface area (Å²) >= 11 is 0.